The highest BCUT2D eigenvalue weighted by Gasteiger charge is 2.94. The molecule has 13 atom stereocenters. The third-order valence-electron chi connectivity index (χ3n) is 13.1. The molecule has 1 aromatic rings. The number of fused-ring (bicyclic) bond motifs is 1. The summed E-state index contributed by atoms with van der Waals surface area (Å²) in [5, 5.41) is 0. The van der Waals surface area contributed by atoms with Gasteiger partial charge in [0, 0.05) is 57.5 Å². The number of likely N-dealkylation sites (tertiary alicyclic amines) is 1. The number of benzene rings is 1. The quantitative estimate of drug-likeness (QED) is 0.479. The zero-order valence-electron chi connectivity index (χ0n) is 24.6. The Balaban J connectivity index is 1.40. The summed E-state index contributed by atoms with van der Waals surface area (Å²) in [6.45, 7) is 6.51. The molecule has 3 spiro atoms. The first-order valence-corrected chi connectivity index (χ1v) is 15.3. The highest BCUT2D eigenvalue weighted by atomic mass is 19.1. The smallest absolute Gasteiger partial charge is 0.338 e. The Labute approximate surface area is 241 Å². The number of likely N-dealkylation sites (N-methyl/N-ethyl adjacent to an activating group) is 1. The van der Waals surface area contributed by atoms with Crippen LogP contribution in [0.2, 0.25) is 0 Å². The van der Waals surface area contributed by atoms with Gasteiger partial charge in [-0.1, -0.05) is 13.8 Å². The first kappa shape index (κ1) is 27.0. The van der Waals surface area contributed by atoms with Gasteiger partial charge in [-0.15, -0.1) is 0 Å². The molecule has 8 nitrogen and oxygen atoms in total. The van der Waals surface area contributed by atoms with Crippen LogP contribution >= 0.6 is 0 Å². The molecule has 7 aliphatic rings. The first-order chi connectivity index (χ1) is 19.8. The molecule has 0 N–H and O–H groups in total. The van der Waals surface area contributed by atoms with Crippen LogP contribution in [0.5, 0.6) is 0 Å². The lowest BCUT2D eigenvalue weighted by atomic mass is 9.43. The summed E-state index contributed by atoms with van der Waals surface area (Å²) < 4.78 is 53.6. The molecule has 5 aliphatic carbocycles. The maximum atomic E-state index is 14.0. The van der Waals surface area contributed by atoms with Crippen LogP contribution in [-0.4, -0.2) is 93.7 Å². The van der Waals surface area contributed by atoms with E-state index >= 15 is 0 Å². The summed E-state index contributed by atoms with van der Waals surface area (Å²) >= 11 is 0. The van der Waals surface area contributed by atoms with Crippen molar-refractivity contribution in [2.45, 2.75) is 81.2 Å². The zero-order chi connectivity index (χ0) is 28.5. The van der Waals surface area contributed by atoms with Gasteiger partial charge in [-0.05, 0) is 61.4 Å². The van der Waals surface area contributed by atoms with Crippen molar-refractivity contribution in [1.82, 2.24) is 4.90 Å². The van der Waals surface area contributed by atoms with Crippen LogP contribution in [0.1, 0.15) is 49.9 Å². The second-order valence-corrected chi connectivity index (χ2v) is 14.0. The van der Waals surface area contributed by atoms with Crippen LogP contribution in [0.15, 0.2) is 24.3 Å². The molecule has 0 aromatic heterocycles. The van der Waals surface area contributed by atoms with Gasteiger partial charge in [-0.25, -0.2) is 9.18 Å². The number of carbonyl (C=O) groups is 1. The monoisotopic (exact) mass is 571 g/mol. The molecular weight excluding hydrogens is 529 g/mol. The molecule has 1 aromatic carbocycles. The van der Waals surface area contributed by atoms with Gasteiger partial charge in [0.05, 0.1) is 29.9 Å². The second-order valence-electron chi connectivity index (χ2n) is 14.0. The number of halogens is 1. The molecule has 224 valence electrons. The molecule has 2 heterocycles. The topological polar surface area (TPSA) is 75.7 Å². The van der Waals surface area contributed by atoms with Crippen molar-refractivity contribution >= 4 is 5.97 Å². The van der Waals surface area contributed by atoms with Gasteiger partial charge in [0.15, 0.2) is 5.60 Å². The largest absolute Gasteiger partial charge is 0.455 e. The SMILES string of the molecule is CCN1C[C@]2(C)CC[C@H](OC)[C@@]34[C@@H]5C[C@H]6[C@H](OC)[C@@H]5[C@@]5(C[C@@H]6OC)OCO[C@@]5([C@@H](OC(=O)c5ccc(F)cc5)[C@H]23)[C@@H]14. The summed E-state index contributed by atoms with van der Waals surface area (Å²) in [4.78, 5) is 16.6. The van der Waals surface area contributed by atoms with Crippen molar-refractivity contribution in [2.75, 3.05) is 41.2 Å². The van der Waals surface area contributed by atoms with Crippen molar-refractivity contribution < 1.29 is 37.6 Å². The van der Waals surface area contributed by atoms with E-state index in [4.69, 9.17) is 28.4 Å². The standard InChI is InChI=1S/C32H42FNO7/c1-6-34-15-29(2)12-11-22(37-4)31-20-13-19-21(36-3)14-30(23(20)24(19)38-5)32(28(31)34,40-16-39-30)26(25(29)31)41-27(35)17-7-9-18(33)10-8-17/h7-10,19-26,28H,6,11-16H2,1-5H3/t19-,20-,21+,22+,23-,24+,25-,26+,28+,29+,30-,31+,32+/m1/s1. The molecule has 0 unspecified atom stereocenters. The van der Waals surface area contributed by atoms with Crippen molar-refractivity contribution in [3.8, 4) is 0 Å². The summed E-state index contributed by atoms with van der Waals surface area (Å²) in [6, 6.07) is 5.57. The van der Waals surface area contributed by atoms with E-state index < -0.39 is 23.3 Å². The van der Waals surface area contributed by atoms with Crippen LogP contribution in [0.3, 0.4) is 0 Å². The fourth-order valence-corrected chi connectivity index (χ4v) is 12.3. The third-order valence-corrected chi connectivity index (χ3v) is 13.1. The molecule has 9 heteroatoms. The predicted octanol–water partition coefficient (Wildman–Crippen LogP) is 3.67. The fourth-order valence-electron chi connectivity index (χ4n) is 12.3. The predicted molar refractivity (Wildman–Crippen MR) is 144 cm³/mol. The maximum Gasteiger partial charge on any atom is 0.338 e. The number of piperidine rings is 1. The Bertz CT molecular complexity index is 1250. The third kappa shape index (κ3) is 2.86. The van der Waals surface area contributed by atoms with Crippen LogP contribution in [0, 0.1) is 40.3 Å². The van der Waals surface area contributed by atoms with Crippen LogP contribution in [0.25, 0.3) is 0 Å². The van der Waals surface area contributed by atoms with Crippen LogP contribution < -0.4 is 0 Å². The fraction of sp³-hybridized carbons (Fsp3) is 0.781. The first-order valence-electron chi connectivity index (χ1n) is 15.3. The van der Waals surface area contributed by atoms with Crippen molar-refractivity contribution in [3.63, 3.8) is 0 Å². The van der Waals surface area contributed by atoms with Gasteiger partial charge in [0.1, 0.15) is 24.3 Å². The number of nitrogens with zero attached hydrogens (tertiary/aromatic N) is 1. The highest BCUT2D eigenvalue weighted by molar-refractivity contribution is 5.89. The number of rotatable bonds is 6. The maximum absolute atomic E-state index is 14.0. The number of carbonyl (C=O) groups excluding carboxylic acids is 1. The number of ether oxygens (including phenoxy) is 6. The van der Waals surface area contributed by atoms with Gasteiger partial charge in [-0.3, -0.25) is 4.90 Å². The van der Waals surface area contributed by atoms with Gasteiger partial charge in [0.2, 0.25) is 0 Å². The van der Waals surface area contributed by atoms with Gasteiger partial charge in [-0.2, -0.15) is 0 Å². The normalized spacial score (nSPS) is 52.4. The molecule has 7 bridgehead atoms. The molecule has 7 fully saturated rings. The van der Waals surface area contributed by atoms with Crippen molar-refractivity contribution in [1.29, 1.82) is 0 Å². The minimum Gasteiger partial charge on any atom is -0.455 e. The second kappa shape index (κ2) is 8.73. The Hall–Kier alpha value is -1.62. The molecule has 0 radical (unpaired) electrons. The molecule has 0 amide bonds. The minimum absolute atomic E-state index is 0.0114. The Kier molecular flexibility index (Phi) is 5.74. The lowest BCUT2D eigenvalue weighted by Crippen LogP contribution is -2.81. The summed E-state index contributed by atoms with van der Waals surface area (Å²) in [7, 11) is 5.44. The van der Waals surface area contributed by atoms with E-state index in [9.17, 15) is 9.18 Å². The Morgan fingerprint density at radius 2 is 1.90 bits per heavy atom. The van der Waals surface area contributed by atoms with Gasteiger partial charge >= 0.3 is 5.97 Å². The van der Waals surface area contributed by atoms with Crippen molar-refractivity contribution in [2.24, 2.45) is 34.5 Å². The van der Waals surface area contributed by atoms with E-state index in [1.807, 2.05) is 14.2 Å². The zero-order valence-corrected chi connectivity index (χ0v) is 24.6. The average Bonchev–Trinajstić information content (AvgIpc) is 3.56. The highest BCUT2D eigenvalue weighted by Crippen LogP contribution is 2.82. The average molecular weight is 572 g/mol. The van der Waals surface area contributed by atoms with E-state index in [0.29, 0.717) is 12.0 Å². The molecule has 8 rings (SSSR count). The number of hydrogen-bond acceptors (Lipinski definition) is 8. The van der Waals surface area contributed by atoms with E-state index in [1.54, 1.807) is 7.11 Å². The van der Waals surface area contributed by atoms with Gasteiger partial charge in [0.25, 0.3) is 0 Å². The van der Waals surface area contributed by atoms with E-state index in [-0.39, 0.29) is 71.5 Å². The minimum atomic E-state index is -0.924. The Morgan fingerprint density at radius 1 is 1.12 bits per heavy atom. The summed E-state index contributed by atoms with van der Waals surface area (Å²) in [6.07, 6.45) is 2.87. The summed E-state index contributed by atoms with van der Waals surface area (Å²) in [5.74, 6) is -0.275. The lowest BCUT2D eigenvalue weighted by molar-refractivity contribution is -0.282. The van der Waals surface area contributed by atoms with Crippen LogP contribution in [-0.2, 0) is 28.4 Å². The molecule has 41 heavy (non-hydrogen) atoms. The lowest BCUT2D eigenvalue weighted by Gasteiger charge is -2.69. The molecule has 5 saturated carbocycles. The summed E-state index contributed by atoms with van der Waals surface area (Å²) in [5.41, 5.74) is -1.77. The van der Waals surface area contributed by atoms with E-state index in [1.165, 1.54) is 24.3 Å². The van der Waals surface area contributed by atoms with Crippen LogP contribution in [0.4, 0.5) is 4.39 Å². The molecular formula is C32H42FNO7. The number of hydrogen-bond donors (Lipinski definition) is 0. The number of methoxy groups -OCH3 is 3. The van der Waals surface area contributed by atoms with E-state index in [2.05, 4.69) is 18.7 Å². The van der Waals surface area contributed by atoms with Gasteiger partial charge < -0.3 is 28.4 Å². The van der Waals surface area contributed by atoms with E-state index in [0.717, 1.165) is 32.4 Å². The molecule has 2 saturated heterocycles. The van der Waals surface area contributed by atoms with Crippen molar-refractivity contribution in [3.05, 3.63) is 35.6 Å². The molecule has 2 aliphatic heterocycles. The Morgan fingerprint density at radius 3 is 2.59 bits per heavy atom. The number of esters is 1.